The van der Waals surface area contributed by atoms with Crippen molar-refractivity contribution < 1.29 is 14.7 Å². The van der Waals surface area contributed by atoms with Gasteiger partial charge in [0.15, 0.2) is 5.78 Å². The van der Waals surface area contributed by atoms with Crippen LogP contribution in [0.25, 0.3) is 22.2 Å². The molecule has 0 bridgehead atoms. The van der Waals surface area contributed by atoms with Gasteiger partial charge < -0.3 is 15.8 Å². The molecule has 0 amide bonds. The van der Waals surface area contributed by atoms with Crippen LogP contribution in [-0.4, -0.2) is 26.8 Å². The largest absolute Gasteiger partial charge is 0.481 e. The van der Waals surface area contributed by atoms with E-state index in [1.165, 1.54) is 0 Å². The van der Waals surface area contributed by atoms with Gasteiger partial charge in [-0.1, -0.05) is 36.4 Å². The number of nitrogens with two attached hydrogens (primary N) is 1. The first-order valence-corrected chi connectivity index (χ1v) is 9.20. The average molecular weight is 385 g/mol. The van der Waals surface area contributed by atoms with Crippen LogP contribution in [0.15, 0.2) is 67.0 Å². The SMILES string of the molecule is Nc1cccc(C(=O)c2c[nH]c3ncc(-c4cccc(CCC(=O)O)c4)cc23)c1. The standard InChI is InChI=1S/C23H19N3O3/c24-18-6-2-5-16(10-18)22(29)20-13-26-23-19(20)11-17(12-25-23)15-4-1-3-14(9-15)7-8-21(27)28/h1-6,9-13H,7-8,24H2,(H,25,26)(H,27,28). The highest BCUT2D eigenvalue weighted by atomic mass is 16.4. The third-order valence-corrected chi connectivity index (χ3v) is 4.81. The Labute approximate surface area is 167 Å². The number of carbonyl (C=O) groups excluding carboxylic acids is 1. The topological polar surface area (TPSA) is 109 Å². The number of hydrogen-bond acceptors (Lipinski definition) is 4. The first kappa shape index (κ1) is 18.4. The quantitative estimate of drug-likeness (QED) is 0.342. The molecule has 0 radical (unpaired) electrons. The lowest BCUT2D eigenvalue weighted by Gasteiger charge is -2.06. The molecule has 4 N–H and O–H groups in total. The van der Waals surface area contributed by atoms with Crippen molar-refractivity contribution in [3.05, 3.63) is 83.7 Å². The first-order chi connectivity index (χ1) is 14.0. The second kappa shape index (κ2) is 7.59. The molecule has 2 heterocycles. The molecule has 0 aliphatic rings. The highest BCUT2D eigenvalue weighted by Gasteiger charge is 2.16. The van der Waals surface area contributed by atoms with Gasteiger partial charge in [0, 0.05) is 46.6 Å². The minimum atomic E-state index is -0.824. The van der Waals surface area contributed by atoms with Crippen molar-refractivity contribution in [2.24, 2.45) is 0 Å². The molecule has 29 heavy (non-hydrogen) atoms. The number of aliphatic carboxylic acids is 1. The molecular weight excluding hydrogens is 366 g/mol. The number of benzene rings is 2. The summed E-state index contributed by atoms with van der Waals surface area (Å²) in [4.78, 5) is 31.3. The van der Waals surface area contributed by atoms with E-state index < -0.39 is 5.97 Å². The van der Waals surface area contributed by atoms with Gasteiger partial charge in [-0.15, -0.1) is 0 Å². The van der Waals surface area contributed by atoms with Gasteiger partial charge in [-0.2, -0.15) is 0 Å². The lowest BCUT2D eigenvalue weighted by atomic mass is 9.99. The summed E-state index contributed by atoms with van der Waals surface area (Å²) in [6, 6.07) is 16.5. The van der Waals surface area contributed by atoms with E-state index in [0.29, 0.717) is 28.9 Å². The van der Waals surface area contributed by atoms with Crippen molar-refractivity contribution >= 4 is 28.5 Å². The summed E-state index contributed by atoms with van der Waals surface area (Å²) in [6.07, 6.45) is 3.94. The van der Waals surface area contributed by atoms with E-state index in [1.807, 2.05) is 30.3 Å². The number of anilines is 1. The first-order valence-electron chi connectivity index (χ1n) is 9.20. The van der Waals surface area contributed by atoms with Crippen molar-refractivity contribution in [1.82, 2.24) is 9.97 Å². The zero-order chi connectivity index (χ0) is 20.4. The van der Waals surface area contributed by atoms with Gasteiger partial charge in [-0.05, 0) is 35.7 Å². The van der Waals surface area contributed by atoms with Crippen LogP contribution in [0.5, 0.6) is 0 Å². The molecule has 0 aliphatic carbocycles. The molecular formula is C23H19N3O3. The number of ketones is 1. The predicted octanol–water partition coefficient (Wildman–Crippen LogP) is 4.06. The van der Waals surface area contributed by atoms with Gasteiger partial charge >= 0.3 is 5.97 Å². The van der Waals surface area contributed by atoms with Crippen LogP contribution in [-0.2, 0) is 11.2 Å². The molecule has 0 saturated carbocycles. The number of carbonyl (C=O) groups is 2. The van der Waals surface area contributed by atoms with Gasteiger partial charge in [-0.3, -0.25) is 9.59 Å². The lowest BCUT2D eigenvalue weighted by Crippen LogP contribution is -2.01. The van der Waals surface area contributed by atoms with Gasteiger partial charge in [0.1, 0.15) is 5.65 Å². The van der Waals surface area contributed by atoms with Crippen LogP contribution in [0.3, 0.4) is 0 Å². The lowest BCUT2D eigenvalue weighted by molar-refractivity contribution is -0.136. The Bertz CT molecular complexity index is 1230. The molecule has 4 aromatic rings. The average Bonchev–Trinajstić information content (AvgIpc) is 3.15. The van der Waals surface area contributed by atoms with Crippen LogP contribution in [0.2, 0.25) is 0 Å². The molecule has 2 aromatic heterocycles. The number of nitrogens with one attached hydrogen (secondary N) is 1. The maximum Gasteiger partial charge on any atom is 0.303 e. The number of pyridine rings is 1. The van der Waals surface area contributed by atoms with Gasteiger partial charge in [0.2, 0.25) is 0 Å². The Morgan fingerprint density at radius 3 is 2.66 bits per heavy atom. The normalized spacial score (nSPS) is 10.9. The summed E-state index contributed by atoms with van der Waals surface area (Å²) >= 11 is 0. The monoisotopic (exact) mass is 385 g/mol. The Hall–Kier alpha value is -3.93. The zero-order valence-electron chi connectivity index (χ0n) is 15.6. The number of aryl methyl sites for hydroxylation is 1. The smallest absolute Gasteiger partial charge is 0.303 e. The number of carboxylic acids is 1. The van der Waals surface area contributed by atoms with Crippen molar-refractivity contribution in [1.29, 1.82) is 0 Å². The Morgan fingerprint density at radius 1 is 1.03 bits per heavy atom. The molecule has 2 aromatic carbocycles. The van der Waals surface area contributed by atoms with Crippen LogP contribution in [0, 0.1) is 0 Å². The van der Waals surface area contributed by atoms with E-state index in [0.717, 1.165) is 22.1 Å². The van der Waals surface area contributed by atoms with Gasteiger partial charge in [0.25, 0.3) is 0 Å². The van der Waals surface area contributed by atoms with Crippen LogP contribution in [0.4, 0.5) is 5.69 Å². The summed E-state index contributed by atoms with van der Waals surface area (Å²) in [5, 5.41) is 9.62. The summed E-state index contributed by atoms with van der Waals surface area (Å²) in [5.74, 6) is -0.951. The Kier molecular flexibility index (Phi) is 4.83. The third-order valence-electron chi connectivity index (χ3n) is 4.81. The molecule has 0 saturated heterocycles. The minimum absolute atomic E-state index is 0.0808. The van der Waals surface area contributed by atoms with E-state index in [2.05, 4.69) is 9.97 Å². The van der Waals surface area contributed by atoms with Crippen molar-refractivity contribution in [3.63, 3.8) is 0 Å². The Morgan fingerprint density at radius 2 is 1.86 bits per heavy atom. The van der Waals surface area contributed by atoms with Crippen LogP contribution in [0.1, 0.15) is 27.9 Å². The number of nitrogens with zero attached hydrogens (tertiary/aromatic N) is 1. The van der Waals surface area contributed by atoms with E-state index >= 15 is 0 Å². The number of rotatable bonds is 6. The molecule has 6 heteroatoms. The maximum absolute atomic E-state index is 13.0. The van der Waals surface area contributed by atoms with E-state index in [1.54, 1.807) is 36.7 Å². The maximum atomic E-state index is 13.0. The molecule has 0 spiro atoms. The van der Waals surface area contributed by atoms with Crippen LogP contribution >= 0.6 is 0 Å². The third kappa shape index (κ3) is 3.87. The molecule has 6 nitrogen and oxygen atoms in total. The number of aromatic nitrogens is 2. The highest BCUT2D eigenvalue weighted by molar-refractivity contribution is 6.16. The summed E-state index contributed by atoms with van der Waals surface area (Å²) in [5.41, 5.74) is 10.7. The number of aromatic amines is 1. The predicted molar refractivity (Wildman–Crippen MR) is 112 cm³/mol. The molecule has 0 atom stereocenters. The van der Waals surface area contributed by atoms with E-state index in [9.17, 15) is 9.59 Å². The molecule has 4 rings (SSSR count). The van der Waals surface area contributed by atoms with E-state index in [4.69, 9.17) is 10.8 Å². The second-order valence-corrected chi connectivity index (χ2v) is 6.87. The number of nitrogen functional groups attached to an aromatic ring is 1. The molecule has 0 unspecified atom stereocenters. The molecule has 0 aliphatic heterocycles. The number of carboxylic acid groups (broad SMARTS) is 1. The summed E-state index contributed by atoms with van der Waals surface area (Å²) < 4.78 is 0. The fourth-order valence-corrected chi connectivity index (χ4v) is 3.34. The van der Waals surface area contributed by atoms with Gasteiger partial charge in [-0.25, -0.2) is 4.98 Å². The number of H-pyrrole nitrogens is 1. The van der Waals surface area contributed by atoms with Crippen molar-refractivity contribution in [2.45, 2.75) is 12.8 Å². The fourth-order valence-electron chi connectivity index (χ4n) is 3.34. The summed E-state index contributed by atoms with van der Waals surface area (Å²) in [6.45, 7) is 0. The highest BCUT2D eigenvalue weighted by Crippen LogP contribution is 2.27. The minimum Gasteiger partial charge on any atom is -0.481 e. The number of hydrogen-bond donors (Lipinski definition) is 3. The summed E-state index contributed by atoms with van der Waals surface area (Å²) in [7, 11) is 0. The fraction of sp³-hybridized carbons (Fsp3) is 0.0870. The van der Waals surface area contributed by atoms with Crippen LogP contribution < -0.4 is 5.73 Å². The van der Waals surface area contributed by atoms with Gasteiger partial charge in [0.05, 0.1) is 0 Å². The molecule has 0 fully saturated rings. The number of fused-ring (bicyclic) bond motifs is 1. The second-order valence-electron chi connectivity index (χ2n) is 6.87. The Balaban J connectivity index is 1.71. The van der Waals surface area contributed by atoms with Crippen molar-refractivity contribution in [2.75, 3.05) is 5.73 Å². The molecule has 144 valence electrons. The van der Waals surface area contributed by atoms with E-state index in [-0.39, 0.29) is 12.2 Å². The zero-order valence-corrected chi connectivity index (χ0v) is 15.6. The van der Waals surface area contributed by atoms with Crippen molar-refractivity contribution in [3.8, 4) is 11.1 Å².